The Labute approximate surface area is 196 Å². The minimum Gasteiger partial charge on any atom is -0.497 e. The summed E-state index contributed by atoms with van der Waals surface area (Å²) in [6.45, 7) is 0.438. The van der Waals surface area contributed by atoms with Gasteiger partial charge in [-0.1, -0.05) is 23.1 Å². The van der Waals surface area contributed by atoms with Crippen LogP contribution in [0.15, 0.2) is 70.7 Å². The van der Waals surface area contributed by atoms with Crippen molar-refractivity contribution in [1.82, 2.24) is 24.7 Å². The standard InChI is InChI=1S/C22H18N6O3S2/c1-30-15-6-7-17-18(10-15)33-21(24-17)25-19(29)13-32-22-27-26-20(14-4-2-8-23-11-14)28(22)12-16-5-3-9-31-16/h2-11H,12-13H2,1H3,(H,24,25,29). The van der Waals surface area contributed by atoms with Crippen LogP contribution >= 0.6 is 23.1 Å². The van der Waals surface area contributed by atoms with Gasteiger partial charge in [-0.05, 0) is 42.5 Å². The van der Waals surface area contributed by atoms with E-state index >= 15 is 0 Å². The van der Waals surface area contributed by atoms with Crippen molar-refractivity contribution in [3.63, 3.8) is 0 Å². The number of furan rings is 1. The van der Waals surface area contributed by atoms with Crippen molar-refractivity contribution in [3.8, 4) is 17.1 Å². The molecule has 0 saturated carbocycles. The third-order valence-electron chi connectivity index (χ3n) is 4.70. The first kappa shape index (κ1) is 21.2. The van der Waals surface area contributed by atoms with E-state index in [2.05, 4.69) is 25.5 Å². The summed E-state index contributed by atoms with van der Waals surface area (Å²) >= 11 is 2.70. The van der Waals surface area contributed by atoms with Crippen molar-refractivity contribution < 1.29 is 13.9 Å². The first-order chi connectivity index (χ1) is 16.2. The Morgan fingerprint density at radius 2 is 2.18 bits per heavy atom. The summed E-state index contributed by atoms with van der Waals surface area (Å²) in [6, 6.07) is 13.1. The molecule has 4 aromatic heterocycles. The first-order valence-corrected chi connectivity index (χ1v) is 11.7. The van der Waals surface area contributed by atoms with Gasteiger partial charge in [0.05, 0.1) is 35.9 Å². The van der Waals surface area contributed by atoms with Gasteiger partial charge < -0.3 is 14.5 Å². The number of ether oxygens (including phenoxy) is 1. The van der Waals surface area contributed by atoms with Crippen LogP contribution in [0.5, 0.6) is 5.75 Å². The van der Waals surface area contributed by atoms with E-state index in [1.807, 2.05) is 47.0 Å². The van der Waals surface area contributed by atoms with E-state index in [9.17, 15) is 4.79 Å². The second kappa shape index (κ2) is 9.43. The number of methoxy groups -OCH3 is 1. The third kappa shape index (κ3) is 4.73. The van der Waals surface area contributed by atoms with Crippen LogP contribution in [0, 0.1) is 0 Å². The highest BCUT2D eigenvalue weighted by molar-refractivity contribution is 7.99. The van der Waals surface area contributed by atoms with Crippen molar-refractivity contribution in [1.29, 1.82) is 0 Å². The van der Waals surface area contributed by atoms with Crippen LogP contribution in [0.3, 0.4) is 0 Å². The van der Waals surface area contributed by atoms with Gasteiger partial charge in [0, 0.05) is 18.0 Å². The number of carbonyl (C=O) groups excluding carboxylic acids is 1. The molecule has 5 aromatic rings. The van der Waals surface area contributed by atoms with Crippen molar-refractivity contribution in [3.05, 3.63) is 66.9 Å². The van der Waals surface area contributed by atoms with Crippen molar-refractivity contribution in [2.24, 2.45) is 0 Å². The molecule has 0 atom stereocenters. The van der Waals surface area contributed by atoms with Crippen LogP contribution in [0.4, 0.5) is 5.13 Å². The number of pyridine rings is 1. The molecule has 1 aromatic carbocycles. The number of aromatic nitrogens is 5. The number of fused-ring (bicyclic) bond motifs is 1. The normalized spacial score (nSPS) is 11.1. The number of thiazole rings is 1. The fourth-order valence-electron chi connectivity index (χ4n) is 3.18. The van der Waals surface area contributed by atoms with Gasteiger partial charge in [0.1, 0.15) is 11.5 Å². The SMILES string of the molecule is COc1ccc2nc(NC(=O)CSc3nnc(-c4cccnc4)n3Cc3ccco3)sc2c1. The summed E-state index contributed by atoms with van der Waals surface area (Å²) < 4.78 is 13.6. The minimum atomic E-state index is -0.179. The number of carbonyl (C=O) groups is 1. The van der Waals surface area contributed by atoms with Crippen LogP contribution in [0.25, 0.3) is 21.6 Å². The zero-order chi connectivity index (χ0) is 22.6. The Morgan fingerprint density at radius 3 is 2.97 bits per heavy atom. The minimum absolute atomic E-state index is 0.155. The lowest BCUT2D eigenvalue weighted by atomic mass is 10.2. The van der Waals surface area contributed by atoms with Gasteiger partial charge in [0.2, 0.25) is 5.91 Å². The molecule has 0 bridgehead atoms. The molecule has 0 radical (unpaired) electrons. The number of rotatable bonds is 8. The zero-order valence-electron chi connectivity index (χ0n) is 17.5. The molecular weight excluding hydrogens is 460 g/mol. The number of nitrogens with zero attached hydrogens (tertiary/aromatic N) is 5. The fourth-order valence-corrected chi connectivity index (χ4v) is 4.82. The highest BCUT2D eigenvalue weighted by atomic mass is 32.2. The molecule has 9 nitrogen and oxygen atoms in total. The molecule has 1 amide bonds. The molecule has 4 heterocycles. The molecule has 11 heteroatoms. The van der Waals surface area contributed by atoms with Gasteiger partial charge >= 0.3 is 0 Å². The summed E-state index contributed by atoms with van der Waals surface area (Å²) in [6.07, 6.45) is 5.05. The molecule has 0 aliphatic rings. The highest BCUT2D eigenvalue weighted by Crippen LogP contribution is 2.30. The van der Waals surface area contributed by atoms with E-state index in [1.54, 1.807) is 25.8 Å². The largest absolute Gasteiger partial charge is 0.497 e. The maximum atomic E-state index is 12.6. The zero-order valence-corrected chi connectivity index (χ0v) is 19.1. The van der Waals surface area contributed by atoms with Gasteiger partial charge in [0.25, 0.3) is 0 Å². The van der Waals surface area contributed by atoms with Crippen molar-refractivity contribution in [2.75, 3.05) is 18.2 Å². The number of nitrogens with one attached hydrogen (secondary N) is 1. The van der Waals surface area contributed by atoms with Gasteiger partial charge in [0.15, 0.2) is 16.1 Å². The Balaban J connectivity index is 1.31. The van der Waals surface area contributed by atoms with E-state index in [0.29, 0.717) is 22.7 Å². The highest BCUT2D eigenvalue weighted by Gasteiger charge is 2.18. The summed E-state index contributed by atoms with van der Waals surface area (Å²) in [5.41, 5.74) is 1.64. The predicted octanol–water partition coefficient (Wildman–Crippen LogP) is 4.33. The molecule has 0 fully saturated rings. The summed E-state index contributed by atoms with van der Waals surface area (Å²) in [4.78, 5) is 21.2. The third-order valence-corrected chi connectivity index (χ3v) is 6.61. The number of hydrogen-bond donors (Lipinski definition) is 1. The Hall–Kier alpha value is -3.70. The van der Waals surface area contributed by atoms with Crippen molar-refractivity contribution in [2.45, 2.75) is 11.7 Å². The topological polar surface area (TPSA) is 108 Å². The number of benzene rings is 1. The van der Waals surface area contributed by atoms with Crippen LogP contribution < -0.4 is 10.1 Å². The van der Waals surface area contributed by atoms with E-state index in [1.165, 1.54) is 23.1 Å². The summed E-state index contributed by atoms with van der Waals surface area (Å²) in [5.74, 6) is 2.14. The van der Waals surface area contributed by atoms with E-state index in [-0.39, 0.29) is 11.7 Å². The maximum absolute atomic E-state index is 12.6. The second-order valence-electron chi connectivity index (χ2n) is 6.90. The van der Waals surface area contributed by atoms with Gasteiger partial charge in [-0.25, -0.2) is 4.98 Å². The smallest absolute Gasteiger partial charge is 0.236 e. The predicted molar refractivity (Wildman–Crippen MR) is 127 cm³/mol. The average Bonchev–Trinajstić information content (AvgIpc) is 3.58. The lowest BCUT2D eigenvalue weighted by Gasteiger charge is -2.08. The van der Waals surface area contributed by atoms with Crippen molar-refractivity contribution >= 4 is 44.4 Å². The number of thioether (sulfide) groups is 1. The molecule has 0 aliphatic heterocycles. The fraction of sp³-hybridized carbons (Fsp3) is 0.136. The molecule has 5 rings (SSSR count). The van der Waals surface area contributed by atoms with E-state index in [4.69, 9.17) is 9.15 Å². The second-order valence-corrected chi connectivity index (χ2v) is 8.88. The van der Waals surface area contributed by atoms with Gasteiger partial charge in [-0.2, -0.15) is 0 Å². The first-order valence-electron chi connectivity index (χ1n) is 9.93. The Morgan fingerprint density at radius 1 is 1.24 bits per heavy atom. The average molecular weight is 479 g/mol. The van der Waals surface area contributed by atoms with Crippen LogP contribution in [0.1, 0.15) is 5.76 Å². The Kier molecular flexibility index (Phi) is 6.05. The monoisotopic (exact) mass is 478 g/mol. The quantitative estimate of drug-likeness (QED) is 0.328. The number of amides is 1. The number of hydrogen-bond acceptors (Lipinski definition) is 9. The number of anilines is 1. The summed E-state index contributed by atoms with van der Waals surface area (Å²) in [5, 5.41) is 12.6. The van der Waals surface area contributed by atoms with Crippen LogP contribution in [-0.4, -0.2) is 43.5 Å². The van der Waals surface area contributed by atoms with Crippen LogP contribution in [0.2, 0.25) is 0 Å². The molecule has 166 valence electrons. The van der Waals surface area contributed by atoms with Crippen LogP contribution in [-0.2, 0) is 11.3 Å². The van der Waals surface area contributed by atoms with Gasteiger partial charge in [-0.3, -0.25) is 14.3 Å². The molecule has 0 unspecified atom stereocenters. The molecule has 0 saturated heterocycles. The lowest BCUT2D eigenvalue weighted by molar-refractivity contribution is -0.113. The summed E-state index contributed by atoms with van der Waals surface area (Å²) in [7, 11) is 1.62. The molecule has 0 aliphatic carbocycles. The molecule has 0 spiro atoms. The molecule has 1 N–H and O–H groups in total. The van der Waals surface area contributed by atoms with E-state index < -0.39 is 0 Å². The maximum Gasteiger partial charge on any atom is 0.236 e. The Bertz CT molecular complexity index is 1380. The molecule has 33 heavy (non-hydrogen) atoms. The molecular formula is C22H18N6O3S2. The van der Waals surface area contributed by atoms with E-state index in [0.717, 1.165) is 27.3 Å². The lowest BCUT2D eigenvalue weighted by Crippen LogP contribution is -2.14. The van der Waals surface area contributed by atoms with Gasteiger partial charge in [-0.15, -0.1) is 10.2 Å².